The first-order chi connectivity index (χ1) is 11.7. The fourth-order valence-electron chi connectivity index (χ4n) is 1.79. The zero-order valence-corrected chi connectivity index (χ0v) is 15.4. The molecule has 8 heteroatoms. The predicted molar refractivity (Wildman–Crippen MR) is 94.6 cm³/mol. The number of sulfonamides is 1. The Morgan fingerprint density at radius 1 is 1.24 bits per heavy atom. The molecule has 1 aromatic carbocycles. The van der Waals surface area contributed by atoms with Gasteiger partial charge in [-0.25, -0.2) is 17.9 Å². The number of rotatable bonds is 9. The highest BCUT2D eigenvalue weighted by atomic mass is 32.2. The predicted octanol–water partition coefficient (Wildman–Crippen LogP) is 1.61. The fourth-order valence-corrected chi connectivity index (χ4v) is 3.11. The Morgan fingerprint density at radius 3 is 2.36 bits per heavy atom. The average Bonchev–Trinajstić information content (AvgIpc) is 2.59. The highest BCUT2D eigenvalue weighted by molar-refractivity contribution is 7.89. The van der Waals surface area contributed by atoms with Crippen LogP contribution in [-0.2, 0) is 19.6 Å². The van der Waals surface area contributed by atoms with Crippen LogP contribution in [0, 0.1) is 0 Å². The maximum atomic E-state index is 12.2. The van der Waals surface area contributed by atoms with E-state index in [2.05, 4.69) is 16.6 Å². The molecule has 0 aliphatic rings. The third-order valence-electron chi connectivity index (χ3n) is 3.44. The van der Waals surface area contributed by atoms with Gasteiger partial charge in [0, 0.05) is 12.6 Å². The van der Waals surface area contributed by atoms with Gasteiger partial charge < -0.3 is 10.1 Å². The Morgan fingerprint density at radius 2 is 1.84 bits per heavy atom. The van der Waals surface area contributed by atoms with Crippen LogP contribution in [0.15, 0.2) is 41.8 Å². The number of carbonyl (C=O) groups excluding carboxylic acids is 2. The first kappa shape index (κ1) is 20.9. The normalized spacial score (nSPS) is 13.6. The Bertz CT molecular complexity index is 713. The molecule has 1 amide bonds. The lowest BCUT2D eigenvalue weighted by Gasteiger charge is -2.14. The van der Waals surface area contributed by atoms with Crippen LogP contribution in [0.2, 0.25) is 0 Å². The molecule has 2 N–H and O–H groups in total. The number of carbonyl (C=O) groups is 2. The summed E-state index contributed by atoms with van der Waals surface area (Å²) in [5, 5.41) is 2.52. The molecule has 2 atom stereocenters. The number of amides is 1. The molecule has 1 rings (SSSR count). The summed E-state index contributed by atoms with van der Waals surface area (Å²) < 4.78 is 31.9. The number of ether oxygens (including phenoxy) is 1. The molecule has 0 aromatic heterocycles. The van der Waals surface area contributed by atoms with Gasteiger partial charge in [0.25, 0.3) is 5.91 Å². The summed E-state index contributed by atoms with van der Waals surface area (Å²) in [7, 11) is -3.64. The fraction of sp³-hybridized carbons (Fsp3) is 0.412. The Labute approximate surface area is 148 Å². The van der Waals surface area contributed by atoms with Gasteiger partial charge in [0.2, 0.25) is 10.0 Å². The molecular weight excluding hydrogens is 344 g/mol. The molecule has 0 saturated carbocycles. The van der Waals surface area contributed by atoms with Gasteiger partial charge in [-0.1, -0.05) is 13.0 Å². The van der Waals surface area contributed by atoms with E-state index in [9.17, 15) is 18.0 Å². The molecule has 0 radical (unpaired) electrons. The first-order valence-corrected chi connectivity index (χ1v) is 9.41. The Balaban J connectivity index is 2.77. The standard InChI is InChI=1S/C17H24N2O5S/c1-5-11-18-16(20)13(4)24-17(21)14-7-9-15(10-8-14)25(22,23)19-12(3)6-2/h5,7-10,12-13,19H,1,6,11H2,2-4H3,(H,18,20)/t12-,13+/m0/s1. The van der Waals surface area contributed by atoms with Crippen molar-refractivity contribution in [2.75, 3.05) is 6.54 Å². The number of esters is 1. The van der Waals surface area contributed by atoms with Crippen molar-refractivity contribution < 1.29 is 22.7 Å². The average molecular weight is 368 g/mol. The molecule has 0 aliphatic heterocycles. The Hall–Kier alpha value is -2.19. The van der Waals surface area contributed by atoms with Crippen molar-refractivity contribution in [1.29, 1.82) is 0 Å². The van der Waals surface area contributed by atoms with Gasteiger partial charge in [-0.05, 0) is 44.5 Å². The molecule has 1 aromatic rings. The lowest BCUT2D eigenvalue weighted by atomic mass is 10.2. The summed E-state index contributed by atoms with van der Waals surface area (Å²) in [5.74, 6) is -1.15. The van der Waals surface area contributed by atoms with E-state index in [4.69, 9.17) is 4.74 Å². The van der Waals surface area contributed by atoms with Crippen LogP contribution in [0.5, 0.6) is 0 Å². The number of hydrogen-bond donors (Lipinski definition) is 2. The highest BCUT2D eigenvalue weighted by Crippen LogP contribution is 2.13. The summed E-state index contributed by atoms with van der Waals surface area (Å²) in [5.41, 5.74) is 0.158. The molecule has 7 nitrogen and oxygen atoms in total. The number of nitrogens with one attached hydrogen (secondary N) is 2. The molecule has 0 aliphatic carbocycles. The van der Waals surface area contributed by atoms with E-state index < -0.39 is 28.0 Å². The third-order valence-corrected chi connectivity index (χ3v) is 5.05. The van der Waals surface area contributed by atoms with Gasteiger partial charge in [0.1, 0.15) is 0 Å². The summed E-state index contributed by atoms with van der Waals surface area (Å²) >= 11 is 0. The molecule has 138 valence electrons. The summed E-state index contributed by atoms with van der Waals surface area (Å²) in [6, 6.07) is 5.15. The van der Waals surface area contributed by atoms with E-state index in [1.807, 2.05) is 6.92 Å². The van der Waals surface area contributed by atoms with Crippen molar-refractivity contribution in [3.8, 4) is 0 Å². The quantitative estimate of drug-likeness (QED) is 0.509. The summed E-state index contributed by atoms with van der Waals surface area (Å²) in [4.78, 5) is 23.7. The molecule has 0 saturated heterocycles. The zero-order chi connectivity index (χ0) is 19.0. The van der Waals surface area contributed by atoms with Gasteiger partial charge >= 0.3 is 5.97 Å². The van der Waals surface area contributed by atoms with Gasteiger partial charge in [-0.2, -0.15) is 0 Å². The zero-order valence-electron chi connectivity index (χ0n) is 14.6. The van der Waals surface area contributed by atoms with Crippen LogP contribution in [0.25, 0.3) is 0 Å². The van der Waals surface area contributed by atoms with Crippen molar-refractivity contribution in [2.45, 2.75) is 44.2 Å². The van der Waals surface area contributed by atoms with Crippen molar-refractivity contribution in [3.05, 3.63) is 42.5 Å². The molecule has 0 spiro atoms. The molecule has 0 bridgehead atoms. The molecule has 0 unspecified atom stereocenters. The van der Waals surface area contributed by atoms with Crippen molar-refractivity contribution in [1.82, 2.24) is 10.0 Å². The minimum atomic E-state index is -3.64. The third kappa shape index (κ3) is 6.32. The second-order valence-corrected chi connectivity index (χ2v) is 7.25. The Kier molecular flexibility index (Phi) is 7.79. The molecule has 25 heavy (non-hydrogen) atoms. The van der Waals surface area contributed by atoms with E-state index in [-0.39, 0.29) is 23.0 Å². The molecule has 0 heterocycles. The SMILES string of the molecule is C=CCNC(=O)[C@@H](C)OC(=O)c1ccc(S(=O)(=O)N[C@@H](C)CC)cc1. The lowest BCUT2D eigenvalue weighted by molar-refractivity contribution is -0.128. The molecule has 0 fully saturated rings. The maximum absolute atomic E-state index is 12.2. The van der Waals surface area contributed by atoms with Gasteiger partial charge in [-0.15, -0.1) is 6.58 Å². The van der Waals surface area contributed by atoms with Crippen molar-refractivity contribution in [2.24, 2.45) is 0 Å². The van der Waals surface area contributed by atoms with Crippen LogP contribution >= 0.6 is 0 Å². The minimum Gasteiger partial charge on any atom is -0.449 e. The summed E-state index contributed by atoms with van der Waals surface area (Å²) in [6.07, 6.45) is 1.21. The highest BCUT2D eigenvalue weighted by Gasteiger charge is 2.20. The van der Waals surface area contributed by atoms with Crippen LogP contribution in [-0.4, -0.2) is 39.0 Å². The number of hydrogen-bond acceptors (Lipinski definition) is 5. The summed E-state index contributed by atoms with van der Waals surface area (Å²) in [6.45, 7) is 8.84. The largest absolute Gasteiger partial charge is 0.449 e. The topological polar surface area (TPSA) is 102 Å². The monoisotopic (exact) mass is 368 g/mol. The second-order valence-electron chi connectivity index (χ2n) is 5.54. The van der Waals surface area contributed by atoms with Gasteiger partial charge in [0.05, 0.1) is 10.5 Å². The van der Waals surface area contributed by atoms with Crippen LogP contribution in [0.3, 0.4) is 0 Å². The van der Waals surface area contributed by atoms with E-state index in [1.54, 1.807) is 6.92 Å². The molecular formula is C17H24N2O5S. The van der Waals surface area contributed by atoms with E-state index in [0.717, 1.165) is 0 Å². The van der Waals surface area contributed by atoms with E-state index in [1.165, 1.54) is 37.3 Å². The van der Waals surface area contributed by atoms with Gasteiger partial charge in [0.15, 0.2) is 6.10 Å². The lowest BCUT2D eigenvalue weighted by Crippen LogP contribution is -2.35. The van der Waals surface area contributed by atoms with Crippen LogP contribution in [0.1, 0.15) is 37.6 Å². The minimum absolute atomic E-state index is 0.0566. The van der Waals surface area contributed by atoms with Crippen molar-refractivity contribution >= 4 is 21.9 Å². The smallest absolute Gasteiger partial charge is 0.338 e. The van der Waals surface area contributed by atoms with Crippen molar-refractivity contribution in [3.63, 3.8) is 0 Å². The van der Waals surface area contributed by atoms with Gasteiger partial charge in [-0.3, -0.25) is 4.79 Å². The first-order valence-electron chi connectivity index (χ1n) is 7.93. The second kappa shape index (κ2) is 9.33. The maximum Gasteiger partial charge on any atom is 0.338 e. The number of benzene rings is 1. The van der Waals surface area contributed by atoms with E-state index >= 15 is 0 Å². The van der Waals surface area contributed by atoms with E-state index in [0.29, 0.717) is 6.42 Å². The van der Waals surface area contributed by atoms with Crippen LogP contribution < -0.4 is 10.0 Å². The van der Waals surface area contributed by atoms with Crippen LogP contribution in [0.4, 0.5) is 0 Å².